The van der Waals surface area contributed by atoms with Crippen molar-refractivity contribution in [1.29, 1.82) is 0 Å². The zero-order chi connectivity index (χ0) is 7.78. The second-order valence-corrected chi connectivity index (χ2v) is 6.47. The molecule has 0 saturated carbocycles. The van der Waals surface area contributed by atoms with Gasteiger partial charge in [0, 0.05) is 10.7 Å². The van der Waals surface area contributed by atoms with E-state index in [-0.39, 0.29) is 4.21 Å². The van der Waals surface area contributed by atoms with Crippen LogP contribution in [0.1, 0.15) is 0 Å². The van der Waals surface area contributed by atoms with Crippen molar-refractivity contribution in [3.05, 3.63) is 10.1 Å². The standard InChI is InChI=1S/C3HBrClNO2S2/c4-3-6-1-2(9-3)10(5,7)8/h1H. The second kappa shape index (κ2) is 2.77. The maximum atomic E-state index is 10.6. The maximum Gasteiger partial charge on any atom is 0.272 e. The van der Waals surface area contributed by atoms with E-state index in [2.05, 4.69) is 20.9 Å². The molecule has 0 aromatic carbocycles. The SMILES string of the molecule is O=S(=O)(Cl)c1cnc(Br)s1. The lowest BCUT2D eigenvalue weighted by Crippen LogP contribution is -1.83. The average molecular weight is 263 g/mol. The molecule has 0 unspecified atom stereocenters. The van der Waals surface area contributed by atoms with E-state index in [1.54, 1.807) is 0 Å². The highest BCUT2D eigenvalue weighted by molar-refractivity contribution is 9.11. The first kappa shape index (κ1) is 8.45. The summed E-state index contributed by atoms with van der Waals surface area (Å²) in [5, 5.41) is 0. The Bertz CT molecular complexity index is 332. The first-order chi connectivity index (χ1) is 4.50. The lowest BCUT2D eigenvalue weighted by Gasteiger charge is -1.82. The second-order valence-electron chi connectivity index (χ2n) is 1.37. The van der Waals surface area contributed by atoms with Gasteiger partial charge in [0.25, 0.3) is 9.05 Å². The molecule has 10 heavy (non-hydrogen) atoms. The van der Waals surface area contributed by atoms with Gasteiger partial charge in [-0.15, -0.1) is 0 Å². The van der Waals surface area contributed by atoms with Crippen molar-refractivity contribution >= 4 is 47.0 Å². The van der Waals surface area contributed by atoms with Crippen LogP contribution in [0.3, 0.4) is 0 Å². The molecule has 3 nitrogen and oxygen atoms in total. The van der Waals surface area contributed by atoms with Gasteiger partial charge in [-0.2, -0.15) is 0 Å². The van der Waals surface area contributed by atoms with Crippen LogP contribution in [0.15, 0.2) is 14.3 Å². The summed E-state index contributed by atoms with van der Waals surface area (Å²) in [6, 6.07) is 0. The first-order valence-electron chi connectivity index (χ1n) is 2.06. The highest BCUT2D eigenvalue weighted by atomic mass is 79.9. The zero-order valence-corrected chi connectivity index (χ0v) is 8.39. The number of rotatable bonds is 1. The molecule has 1 rings (SSSR count). The fourth-order valence-electron chi connectivity index (χ4n) is 0.352. The Labute approximate surface area is 74.6 Å². The molecule has 0 amide bonds. The summed E-state index contributed by atoms with van der Waals surface area (Å²) >= 11 is 3.99. The van der Waals surface area contributed by atoms with E-state index >= 15 is 0 Å². The van der Waals surface area contributed by atoms with Crippen LogP contribution in [0.2, 0.25) is 0 Å². The van der Waals surface area contributed by atoms with Crippen molar-refractivity contribution < 1.29 is 8.42 Å². The first-order valence-corrected chi connectivity index (χ1v) is 5.98. The molecule has 0 radical (unpaired) electrons. The van der Waals surface area contributed by atoms with E-state index in [0.29, 0.717) is 3.92 Å². The van der Waals surface area contributed by atoms with Gasteiger partial charge in [-0.25, -0.2) is 13.4 Å². The van der Waals surface area contributed by atoms with Gasteiger partial charge in [0.05, 0.1) is 6.20 Å². The number of halogens is 2. The number of hydrogen-bond donors (Lipinski definition) is 0. The monoisotopic (exact) mass is 261 g/mol. The third-order valence-corrected chi connectivity index (χ3v) is 4.23. The van der Waals surface area contributed by atoms with E-state index in [4.69, 9.17) is 10.7 Å². The fraction of sp³-hybridized carbons (Fsp3) is 0. The molecule has 1 aromatic rings. The van der Waals surface area contributed by atoms with Crippen LogP contribution in [0, 0.1) is 0 Å². The van der Waals surface area contributed by atoms with Crippen LogP contribution in [-0.2, 0) is 9.05 Å². The molecule has 1 heterocycles. The smallest absolute Gasteiger partial charge is 0.236 e. The molecule has 0 atom stereocenters. The van der Waals surface area contributed by atoms with Crippen LogP contribution in [0.5, 0.6) is 0 Å². The summed E-state index contributed by atoms with van der Waals surface area (Å²) in [6.07, 6.45) is 1.21. The van der Waals surface area contributed by atoms with Crippen LogP contribution in [-0.4, -0.2) is 13.4 Å². The Morgan fingerprint density at radius 2 is 2.30 bits per heavy atom. The molecule has 0 fully saturated rings. The number of aromatic nitrogens is 1. The Morgan fingerprint density at radius 3 is 2.50 bits per heavy atom. The summed E-state index contributed by atoms with van der Waals surface area (Å²) in [7, 11) is 1.41. The Balaban J connectivity index is 3.21. The average Bonchev–Trinajstić information content (AvgIpc) is 2.11. The number of nitrogens with zero attached hydrogens (tertiary/aromatic N) is 1. The normalized spacial score (nSPS) is 11.8. The van der Waals surface area contributed by atoms with Gasteiger partial charge in [-0.05, 0) is 15.9 Å². The van der Waals surface area contributed by atoms with Gasteiger partial charge < -0.3 is 0 Å². The largest absolute Gasteiger partial charge is 0.272 e. The minimum absolute atomic E-state index is 0.0565. The molecule has 0 spiro atoms. The quantitative estimate of drug-likeness (QED) is 0.726. The van der Waals surface area contributed by atoms with Crippen molar-refractivity contribution in [2.45, 2.75) is 4.21 Å². The highest BCUT2D eigenvalue weighted by Crippen LogP contribution is 2.25. The Morgan fingerprint density at radius 1 is 1.70 bits per heavy atom. The van der Waals surface area contributed by atoms with Gasteiger partial charge in [-0.3, -0.25) is 0 Å². The molecule has 0 N–H and O–H groups in total. The molecule has 56 valence electrons. The van der Waals surface area contributed by atoms with Gasteiger partial charge in [0.15, 0.2) is 8.13 Å². The van der Waals surface area contributed by atoms with Crippen LogP contribution in [0.4, 0.5) is 0 Å². The third kappa shape index (κ3) is 1.91. The predicted octanol–water partition coefficient (Wildman–Crippen LogP) is 1.83. The Hall–Kier alpha value is 0.350. The van der Waals surface area contributed by atoms with Crippen molar-refractivity contribution in [1.82, 2.24) is 4.98 Å². The van der Waals surface area contributed by atoms with Crippen LogP contribution < -0.4 is 0 Å². The molecular weight excluding hydrogens is 262 g/mol. The van der Waals surface area contributed by atoms with Crippen molar-refractivity contribution in [3.8, 4) is 0 Å². The van der Waals surface area contributed by atoms with E-state index < -0.39 is 9.05 Å². The van der Waals surface area contributed by atoms with Gasteiger partial charge >= 0.3 is 0 Å². The molecule has 7 heteroatoms. The van der Waals surface area contributed by atoms with E-state index in [0.717, 1.165) is 11.3 Å². The summed E-state index contributed by atoms with van der Waals surface area (Å²) in [6.45, 7) is 0. The van der Waals surface area contributed by atoms with E-state index in [9.17, 15) is 8.42 Å². The number of thiazole rings is 1. The lowest BCUT2D eigenvalue weighted by atomic mass is 11.0. The molecule has 0 bridgehead atoms. The van der Waals surface area contributed by atoms with Crippen LogP contribution >= 0.6 is 37.9 Å². The minimum atomic E-state index is -3.58. The van der Waals surface area contributed by atoms with E-state index in [1.807, 2.05) is 0 Å². The predicted molar refractivity (Wildman–Crippen MR) is 42.9 cm³/mol. The molecular formula is C3HBrClNO2S2. The summed E-state index contributed by atoms with van der Waals surface area (Å²) in [5.74, 6) is 0. The van der Waals surface area contributed by atoms with E-state index in [1.165, 1.54) is 6.20 Å². The lowest BCUT2D eigenvalue weighted by molar-refractivity contribution is 0.611. The van der Waals surface area contributed by atoms with Crippen molar-refractivity contribution in [2.75, 3.05) is 0 Å². The van der Waals surface area contributed by atoms with Crippen molar-refractivity contribution in [3.63, 3.8) is 0 Å². The highest BCUT2D eigenvalue weighted by Gasteiger charge is 2.12. The zero-order valence-electron chi connectivity index (χ0n) is 4.41. The molecule has 1 aromatic heterocycles. The number of hydrogen-bond acceptors (Lipinski definition) is 4. The maximum absolute atomic E-state index is 10.6. The summed E-state index contributed by atoms with van der Waals surface area (Å²) in [4.78, 5) is 3.65. The molecule has 0 aliphatic heterocycles. The topological polar surface area (TPSA) is 47.0 Å². The minimum Gasteiger partial charge on any atom is -0.236 e. The summed E-state index contributed by atoms with van der Waals surface area (Å²) < 4.78 is 21.7. The van der Waals surface area contributed by atoms with Gasteiger partial charge in [0.2, 0.25) is 0 Å². The molecule has 0 saturated heterocycles. The molecule has 0 aliphatic carbocycles. The molecule has 0 aliphatic rings. The Kier molecular flexibility index (Phi) is 2.34. The van der Waals surface area contributed by atoms with Crippen LogP contribution in [0.25, 0.3) is 0 Å². The summed E-state index contributed by atoms with van der Waals surface area (Å²) in [5.41, 5.74) is 0. The van der Waals surface area contributed by atoms with Crippen molar-refractivity contribution in [2.24, 2.45) is 0 Å². The third-order valence-electron chi connectivity index (χ3n) is 0.697. The van der Waals surface area contributed by atoms with Gasteiger partial charge in [-0.1, -0.05) is 11.3 Å². The van der Waals surface area contributed by atoms with Gasteiger partial charge in [0.1, 0.15) is 0 Å². The fourth-order valence-corrected chi connectivity index (χ4v) is 2.89.